The van der Waals surface area contributed by atoms with Gasteiger partial charge in [-0.2, -0.15) is 0 Å². The van der Waals surface area contributed by atoms with Gasteiger partial charge in [0.2, 0.25) is 0 Å². The molecule has 0 rings (SSSR count). The molecule has 0 saturated heterocycles. The fourth-order valence-electron chi connectivity index (χ4n) is 1.24. The smallest absolute Gasteiger partial charge is 0.0107 e. The summed E-state index contributed by atoms with van der Waals surface area (Å²) >= 11 is 0. The zero-order valence-electron chi connectivity index (χ0n) is 9.40. The van der Waals surface area contributed by atoms with E-state index in [9.17, 15) is 0 Å². The molecule has 0 spiro atoms. The molecule has 0 aliphatic heterocycles. The zero-order valence-corrected chi connectivity index (χ0v) is 9.40. The first kappa shape index (κ1) is 12.9. The van der Waals surface area contributed by atoms with Gasteiger partial charge in [-0.15, -0.1) is 0 Å². The van der Waals surface area contributed by atoms with Crippen molar-refractivity contribution in [3.05, 3.63) is 0 Å². The standard InChI is InChI=1S/C10H25N3.H2/c1-4-6-12-8-10-13(5-2)9-7-11-3;/h11-12H,4-10H2,1-3H3;1H. The van der Waals surface area contributed by atoms with Crippen LogP contribution in [0.3, 0.4) is 0 Å². The SMILES string of the molecule is CCCNCCN(CC)CCNC.[HH]. The number of hydrogen-bond acceptors (Lipinski definition) is 3. The van der Waals surface area contributed by atoms with Crippen LogP contribution in [0.25, 0.3) is 0 Å². The lowest BCUT2D eigenvalue weighted by Gasteiger charge is -2.20. The molecule has 0 aromatic carbocycles. The molecule has 0 aliphatic rings. The number of nitrogens with one attached hydrogen (secondary N) is 2. The van der Waals surface area contributed by atoms with Crippen molar-refractivity contribution in [2.24, 2.45) is 0 Å². The van der Waals surface area contributed by atoms with E-state index in [2.05, 4.69) is 29.4 Å². The van der Waals surface area contributed by atoms with Gasteiger partial charge in [0, 0.05) is 27.6 Å². The average Bonchev–Trinajstić information content (AvgIpc) is 2.17. The highest BCUT2D eigenvalue weighted by molar-refractivity contribution is 4.58. The second kappa shape index (κ2) is 9.96. The molecule has 2 N–H and O–H groups in total. The maximum atomic E-state index is 3.41. The molecule has 0 heterocycles. The molecule has 0 atom stereocenters. The topological polar surface area (TPSA) is 27.3 Å². The maximum Gasteiger partial charge on any atom is 0.0107 e. The third-order valence-corrected chi connectivity index (χ3v) is 2.16. The fraction of sp³-hybridized carbons (Fsp3) is 1.00. The van der Waals surface area contributed by atoms with Crippen LogP contribution < -0.4 is 10.6 Å². The van der Waals surface area contributed by atoms with Crippen LogP contribution in [0.15, 0.2) is 0 Å². The second-order valence-corrected chi connectivity index (χ2v) is 3.29. The fourth-order valence-corrected chi connectivity index (χ4v) is 1.24. The van der Waals surface area contributed by atoms with Crippen molar-refractivity contribution in [3.8, 4) is 0 Å². The molecule has 0 saturated carbocycles. The molecule has 0 amide bonds. The van der Waals surface area contributed by atoms with E-state index >= 15 is 0 Å². The molecule has 0 aromatic rings. The zero-order chi connectivity index (χ0) is 9.94. The quantitative estimate of drug-likeness (QED) is 0.525. The van der Waals surface area contributed by atoms with Crippen LogP contribution in [-0.2, 0) is 0 Å². The van der Waals surface area contributed by atoms with Gasteiger partial charge in [-0.1, -0.05) is 13.8 Å². The average molecular weight is 189 g/mol. The van der Waals surface area contributed by atoms with Crippen LogP contribution in [-0.4, -0.2) is 51.2 Å². The molecule has 82 valence electrons. The van der Waals surface area contributed by atoms with Crippen LogP contribution in [0.5, 0.6) is 0 Å². The molecule has 0 fully saturated rings. The van der Waals surface area contributed by atoms with E-state index in [1.54, 1.807) is 0 Å². The van der Waals surface area contributed by atoms with Crippen LogP contribution in [0.1, 0.15) is 21.7 Å². The highest BCUT2D eigenvalue weighted by Crippen LogP contribution is 1.84. The molecule has 3 heteroatoms. The van der Waals surface area contributed by atoms with Crippen LogP contribution in [0.2, 0.25) is 0 Å². The molecule has 0 aromatic heterocycles. The van der Waals surface area contributed by atoms with Crippen molar-refractivity contribution in [2.45, 2.75) is 20.3 Å². The van der Waals surface area contributed by atoms with Crippen LogP contribution in [0, 0.1) is 0 Å². The Morgan fingerprint density at radius 2 is 1.77 bits per heavy atom. The Morgan fingerprint density at radius 1 is 1.08 bits per heavy atom. The molecule has 13 heavy (non-hydrogen) atoms. The molecule has 0 aliphatic carbocycles. The molecule has 0 bridgehead atoms. The Bertz CT molecular complexity index is 101. The first-order valence-corrected chi connectivity index (χ1v) is 5.42. The number of hydrogen-bond donors (Lipinski definition) is 2. The minimum Gasteiger partial charge on any atom is -0.318 e. The van der Waals surface area contributed by atoms with E-state index in [1.165, 1.54) is 6.42 Å². The summed E-state index contributed by atoms with van der Waals surface area (Å²) in [6.07, 6.45) is 1.22. The summed E-state index contributed by atoms with van der Waals surface area (Å²) in [6, 6.07) is 0. The van der Waals surface area contributed by atoms with E-state index in [0.717, 1.165) is 39.3 Å². The highest BCUT2D eigenvalue weighted by Gasteiger charge is 1.99. The van der Waals surface area contributed by atoms with Crippen LogP contribution >= 0.6 is 0 Å². The van der Waals surface area contributed by atoms with Crippen molar-refractivity contribution >= 4 is 0 Å². The second-order valence-electron chi connectivity index (χ2n) is 3.29. The van der Waals surface area contributed by atoms with Gasteiger partial charge in [0.05, 0.1) is 0 Å². The summed E-state index contributed by atoms with van der Waals surface area (Å²) in [5.41, 5.74) is 0. The first-order chi connectivity index (χ1) is 6.35. The predicted molar refractivity (Wildman–Crippen MR) is 61.3 cm³/mol. The minimum atomic E-state index is 0. The van der Waals surface area contributed by atoms with E-state index in [4.69, 9.17) is 0 Å². The van der Waals surface area contributed by atoms with Gasteiger partial charge in [-0.3, -0.25) is 0 Å². The van der Waals surface area contributed by atoms with Gasteiger partial charge in [0.25, 0.3) is 0 Å². The third kappa shape index (κ3) is 8.22. The van der Waals surface area contributed by atoms with Gasteiger partial charge < -0.3 is 15.5 Å². The monoisotopic (exact) mass is 189 g/mol. The van der Waals surface area contributed by atoms with Crippen molar-refractivity contribution in [2.75, 3.05) is 46.3 Å². The van der Waals surface area contributed by atoms with Crippen molar-refractivity contribution < 1.29 is 1.43 Å². The summed E-state index contributed by atoms with van der Waals surface area (Å²) in [5, 5.41) is 6.59. The van der Waals surface area contributed by atoms with Crippen molar-refractivity contribution in [1.82, 2.24) is 15.5 Å². The molecular weight excluding hydrogens is 162 g/mol. The highest BCUT2D eigenvalue weighted by atomic mass is 15.1. The Balaban J connectivity index is 0. The Hall–Kier alpha value is -0.120. The van der Waals surface area contributed by atoms with Crippen LogP contribution in [0.4, 0.5) is 0 Å². The number of likely N-dealkylation sites (N-methyl/N-ethyl adjacent to an activating group) is 2. The van der Waals surface area contributed by atoms with Crippen molar-refractivity contribution in [1.29, 1.82) is 0 Å². The Morgan fingerprint density at radius 3 is 2.31 bits per heavy atom. The maximum absolute atomic E-state index is 3.41. The minimum absolute atomic E-state index is 0. The Kier molecular flexibility index (Phi) is 9.87. The van der Waals surface area contributed by atoms with Gasteiger partial charge in [0.1, 0.15) is 0 Å². The van der Waals surface area contributed by atoms with E-state index in [-0.39, 0.29) is 1.43 Å². The predicted octanol–water partition coefficient (Wildman–Crippen LogP) is 0.773. The number of nitrogens with zero attached hydrogens (tertiary/aromatic N) is 1. The van der Waals surface area contributed by atoms with Gasteiger partial charge in [-0.05, 0) is 26.6 Å². The molecule has 3 nitrogen and oxygen atoms in total. The van der Waals surface area contributed by atoms with Gasteiger partial charge >= 0.3 is 0 Å². The third-order valence-electron chi connectivity index (χ3n) is 2.16. The Labute approximate surface area is 84.4 Å². The molecular formula is C10H27N3. The summed E-state index contributed by atoms with van der Waals surface area (Å²) in [7, 11) is 2.00. The summed E-state index contributed by atoms with van der Waals surface area (Å²) in [6.45, 7) is 11.2. The summed E-state index contributed by atoms with van der Waals surface area (Å²) in [4.78, 5) is 2.46. The summed E-state index contributed by atoms with van der Waals surface area (Å²) < 4.78 is 0. The van der Waals surface area contributed by atoms with E-state index in [1.807, 2.05) is 7.05 Å². The van der Waals surface area contributed by atoms with Gasteiger partial charge in [-0.25, -0.2) is 0 Å². The first-order valence-electron chi connectivity index (χ1n) is 5.42. The largest absolute Gasteiger partial charge is 0.318 e. The van der Waals surface area contributed by atoms with E-state index in [0.29, 0.717) is 0 Å². The number of rotatable bonds is 9. The van der Waals surface area contributed by atoms with E-state index < -0.39 is 0 Å². The lowest BCUT2D eigenvalue weighted by molar-refractivity contribution is 0.289. The summed E-state index contributed by atoms with van der Waals surface area (Å²) in [5.74, 6) is 0. The lowest BCUT2D eigenvalue weighted by Crippen LogP contribution is -2.36. The molecule has 0 unspecified atom stereocenters. The lowest BCUT2D eigenvalue weighted by atomic mass is 10.4. The van der Waals surface area contributed by atoms with Gasteiger partial charge in [0.15, 0.2) is 0 Å². The normalized spacial score (nSPS) is 11.1. The molecule has 0 radical (unpaired) electrons. The van der Waals surface area contributed by atoms with Crippen molar-refractivity contribution in [3.63, 3.8) is 0 Å².